The zero-order chi connectivity index (χ0) is 13.1. The number of rotatable bonds is 3. The first-order valence-electron chi connectivity index (χ1n) is 6.20. The lowest BCUT2D eigenvalue weighted by Gasteiger charge is -2.27. The van der Waals surface area contributed by atoms with E-state index >= 15 is 0 Å². The fourth-order valence-electron chi connectivity index (χ4n) is 2.23. The van der Waals surface area contributed by atoms with E-state index in [4.69, 9.17) is 15.2 Å². The topological polar surface area (TPSA) is 61.5 Å². The molecule has 0 aliphatic heterocycles. The van der Waals surface area contributed by atoms with E-state index in [0.717, 1.165) is 30.6 Å². The van der Waals surface area contributed by atoms with Crippen LogP contribution in [-0.4, -0.2) is 25.3 Å². The van der Waals surface area contributed by atoms with Gasteiger partial charge in [0.25, 0.3) is 0 Å². The van der Waals surface area contributed by atoms with Crippen LogP contribution >= 0.6 is 11.3 Å². The van der Waals surface area contributed by atoms with E-state index in [1.165, 1.54) is 11.3 Å². The number of carbonyl (C=O) groups excluding carboxylic acids is 1. The molecule has 0 aromatic carbocycles. The van der Waals surface area contributed by atoms with Crippen molar-refractivity contribution in [1.82, 2.24) is 0 Å². The molecular weight excluding hydrogens is 250 g/mol. The first-order chi connectivity index (χ1) is 8.60. The van der Waals surface area contributed by atoms with Crippen LogP contribution in [0, 0.1) is 6.92 Å². The second-order valence-electron chi connectivity index (χ2n) is 4.67. The fraction of sp³-hybridized carbons (Fsp3) is 0.615. The normalized spacial score (nSPS) is 23.9. The van der Waals surface area contributed by atoms with Crippen molar-refractivity contribution in [2.24, 2.45) is 0 Å². The third-order valence-corrected chi connectivity index (χ3v) is 4.39. The summed E-state index contributed by atoms with van der Waals surface area (Å²) in [5, 5.41) is 0. The van der Waals surface area contributed by atoms with Crippen LogP contribution < -0.4 is 5.73 Å². The van der Waals surface area contributed by atoms with E-state index in [-0.39, 0.29) is 18.2 Å². The number of hydrogen-bond donors (Lipinski definition) is 1. The number of methoxy groups -OCH3 is 1. The van der Waals surface area contributed by atoms with Crippen molar-refractivity contribution in [1.29, 1.82) is 0 Å². The number of carbonyl (C=O) groups is 1. The summed E-state index contributed by atoms with van der Waals surface area (Å²) in [4.78, 5) is 13.5. The molecule has 1 saturated carbocycles. The van der Waals surface area contributed by atoms with Crippen LogP contribution in [0.5, 0.6) is 0 Å². The van der Waals surface area contributed by atoms with Gasteiger partial charge in [0.2, 0.25) is 0 Å². The summed E-state index contributed by atoms with van der Waals surface area (Å²) >= 11 is 1.39. The maximum absolute atomic E-state index is 12.0. The Morgan fingerprint density at radius 1 is 1.44 bits per heavy atom. The molecule has 0 radical (unpaired) electrons. The van der Waals surface area contributed by atoms with Crippen LogP contribution in [0.2, 0.25) is 0 Å². The highest BCUT2D eigenvalue weighted by Gasteiger charge is 2.25. The van der Waals surface area contributed by atoms with Crippen molar-refractivity contribution < 1.29 is 14.3 Å². The van der Waals surface area contributed by atoms with Crippen LogP contribution in [0.4, 0.5) is 5.69 Å². The van der Waals surface area contributed by atoms with Gasteiger partial charge in [-0.05, 0) is 32.3 Å². The largest absolute Gasteiger partial charge is 0.458 e. The molecule has 18 heavy (non-hydrogen) atoms. The number of ether oxygens (including phenoxy) is 2. The van der Waals surface area contributed by atoms with E-state index < -0.39 is 0 Å². The second-order valence-corrected chi connectivity index (χ2v) is 5.93. The van der Waals surface area contributed by atoms with Gasteiger partial charge in [0.05, 0.1) is 6.10 Å². The summed E-state index contributed by atoms with van der Waals surface area (Å²) in [6.45, 7) is 1.90. The molecule has 0 spiro atoms. The Balaban J connectivity index is 1.94. The molecule has 1 aromatic heterocycles. The third kappa shape index (κ3) is 3.03. The molecule has 4 nitrogen and oxygen atoms in total. The molecule has 2 atom stereocenters. The zero-order valence-electron chi connectivity index (χ0n) is 10.8. The number of hydrogen-bond acceptors (Lipinski definition) is 5. The predicted molar refractivity (Wildman–Crippen MR) is 71.9 cm³/mol. The Morgan fingerprint density at radius 3 is 2.78 bits per heavy atom. The molecule has 0 amide bonds. The molecule has 1 aromatic rings. The minimum atomic E-state index is -0.262. The van der Waals surface area contributed by atoms with Gasteiger partial charge in [-0.15, -0.1) is 11.3 Å². The molecule has 2 unspecified atom stereocenters. The van der Waals surface area contributed by atoms with Gasteiger partial charge in [-0.25, -0.2) is 4.79 Å². The second kappa shape index (κ2) is 5.71. The average Bonchev–Trinajstić information content (AvgIpc) is 2.70. The maximum atomic E-state index is 12.0. The SMILES string of the molecule is COC1CCCC(OC(=O)c2cc(N)c(C)s2)C1. The van der Waals surface area contributed by atoms with Gasteiger partial charge in [0, 0.05) is 24.1 Å². The minimum Gasteiger partial charge on any atom is -0.458 e. The van der Waals surface area contributed by atoms with Gasteiger partial charge in [0.1, 0.15) is 11.0 Å². The summed E-state index contributed by atoms with van der Waals surface area (Å²) in [5.41, 5.74) is 6.40. The molecule has 2 N–H and O–H groups in total. The highest BCUT2D eigenvalue weighted by atomic mass is 32.1. The number of esters is 1. The lowest BCUT2D eigenvalue weighted by Crippen LogP contribution is -2.29. The van der Waals surface area contributed by atoms with Crippen molar-refractivity contribution in [3.8, 4) is 0 Å². The lowest BCUT2D eigenvalue weighted by molar-refractivity contribution is -0.0145. The first kappa shape index (κ1) is 13.4. The lowest BCUT2D eigenvalue weighted by atomic mass is 9.95. The molecular formula is C13H19NO3S. The van der Waals surface area contributed by atoms with Gasteiger partial charge in [-0.1, -0.05) is 0 Å². The van der Waals surface area contributed by atoms with Crippen LogP contribution in [0.3, 0.4) is 0 Å². The summed E-state index contributed by atoms with van der Waals surface area (Å²) in [7, 11) is 1.71. The third-order valence-electron chi connectivity index (χ3n) is 3.34. The van der Waals surface area contributed by atoms with Crippen molar-refractivity contribution in [3.05, 3.63) is 15.8 Å². The van der Waals surface area contributed by atoms with Gasteiger partial charge >= 0.3 is 5.97 Å². The van der Waals surface area contributed by atoms with Crippen molar-refractivity contribution in [2.45, 2.75) is 44.8 Å². The number of nitrogens with two attached hydrogens (primary N) is 1. The first-order valence-corrected chi connectivity index (χ1v) is 7.01. The maximum Gasteiger partial charge on any atom is 0.348 e. The van der Waals surface area contributed by atoms with Crippen LogP contribution in [0.15, 0.2) is 6.07 Å². The molecule has 0 bridgehead atoms. The standard InChI is InChI=1S/C13H19NO3S/c1-8-11(14)7-12(18-8)13(15)17-10-5-3-4-9(6-10)16-2/h7,9-10H,3-6,14H2,1-2H3. The molecule has 2 rings (SSSR count). The van der Waals surface area contributed by atoms with Gasteiger partial charge in [-0.2, -0.15) is 0 Å². The van der Waals surface area contributed by atoms with E-state index in [1.54, 1.807) is 13.2 Å². The summed E-state index contributed by atoms with van der Waals surface area (Å²) < 4.78 is 10.8. The minimum absolute atomic E-state index is 0.0279. The van der Waals surface area contributed by atoms with E-state index in [2.05, 4.69) is 0 Å². The van der Waals surface area contributed by atoms with E-state index in [9.17, 15) is 4.79 Å². The molecule has 1 aliphatic rings. The van der Waals surface area contributed by atoms with E-state index in [0.29, 0.717) is 10.6 Å². The summed E-state index contributed by atoms with van der Waals surface area (Å²) in [6.07, 6.45) is 4.00. The molecule has 1 aliphatic carbocycles. The Labute approximate surface area is 111 Å². The highest BCUT2D eigenvalue weighted by molar-refractivity contribution is 7.14. The number of thiophene rings is 1. The molecule has 0 saturated heterocycles. The van der Waals surface area contributed by atoms with Crippen molar-refractivity contribution >= 4 is 23.0 Å². The summed E-state index contributed by atoms with van der Waals surface area (Å²) in [6, 6.07) is 1.69. The Bertz CT molecular complexity index is 410. The summed E-state index contributed by atoms with van der Waals surface area (Å²) in [5.74, 6) is -0.262. The zero-order valence-corrected chi connectivity index (χ0v) is 11.6. The van der Waals surface area contributed by atoms with Gasteiger partial charge in [-0.3, -0.25) is 0 Å². The molecule has 100 valence electrons. The van der Waals surface area contributed by atoms with Crippen molar-refractivity contribution in [3.63, 3.8) is 0 Å². The highest BCUT2D eigenvalue weighted by Crippen LogP contribution is 2.27. The van der Waals surface area contributed by atoms with Crippen molar-refractivity contribution in [2.75, 3.05) is 12.8 Å². The van der Waals surface area contributed by atoms with Crippen LogP contribution in [-0.2, 0) is 9.47 Å². The molecule has 5 heteroatoms. The van der Waals surface area contributed by atoms with E-state index in [1.807, 2.05) is 6.92 Å². The monoisotopic (exact) mass is 269 g/mol. The quantitative estimate of drug-likeness (QED) is 0.857. The fourth-order valence-corrected chi connectivity index (χ4v) is 3.05. The van der Waals surface area contributed by atoms with Crippen LogP contribution in [0.1, 0.15) is 40.2 Å². The Morgan fingerprint density at radius 2 is 2.17 bits per heavy atom. The predicted octanol–water partition coefficient (Wildman–Crippen LogP) is 2.75. The number of aryl methyl sites for hydroxylation is 1. The number of anilines is 1. The molecule has 1 heterocycles. The number of nitrogen functional groups attached to an aromatic ring is 1. The average molecular weight is 269 g/mol. The smallest absolute Gasteiger partial charge is 0.348 e. The van der Waals surface area contributed by atoms with Gasteiger partial charge < -0.3 is 15.2 Å². The van der Waals surface area contributed by atoms with Gasteiger partial charge in [0.15, 0.2) is 0 Å². The van der Waals surface area contributed by atoms with Crippen LogP contribution in [0.25, 0.3) is 0 Å². The molecule has 1 fully saturated rings. The Hall–Kier alpha value is -1.07. The Kier molecular flexibility index (Phi) is 4.24.